The number of hydrogen-bond donors (Lipinski definition) is 1. The molecule has 1 aromatic heterocycles. The van der Waals surface area contributed by atoms with Gasteiger partial charge in [-0.3, -0.25) is 9.59 Å². The van der Waals surface area contributed by atoms with Gasteiger partial charge in [-0.05, 0) is 32.0 Å². The normalized spacial score (nSPS) is 11.8. The van der Waals surface area contributed by atoms with Gasteiger partial charge in [0.25, 0.3) is 5.91 Å². The molecule has 28 heavy (non-hydrogen) atoms. The van der Waals surface area contributed by atoms with E-state index in [0.29, 0.717) is 5.56 Å². The molecule has 0 unspecified atom stereocenters. The lowest BCUT2D eigenvalue weighted by atomic mass is 10.1. The molecule has 0 aliphatic rings. The van der Waals surface area contributed by atoms with Crippen LogP contribution >= 0.6 is 15.9 Å². The maximum absolute atomic E-state index is 12.7. The summed E-state index contributed by atoms with van der Waals surface area (Å²) in [5, 5.41) is 2.56. The van der Waals surface area contributed by atoms with E-state index in [4.69, 9.17) is 4.74 Å². The van der Waals surface area contributed by atoms with Gasteiger partial charge in [-0.1, -0.05) is 34.1 Å². The minimum atomic E-state index is -4.61. The SMILES string of the molecule is CC(C)(Oc1cccc(C(F)(F)F)n1)C(=O)NCCC(=O)c1cccc(Br)c1. The van der Waals surface area contributed by atoms with E-state index >= 15 is 0 Å². The summed E-state index contributed by atoms with van der Waals surface area (Å²) in [6.45, 7) is 2.87. The molecule has 0 spiro atoms. The van der Waals surface area contributed by atoms with E-state index in [1.165, 1.54) is 19.9 Å². The average Bonchev–Trinajstić information content (AvgIpc) is 2.60. The van der Waals surface area contributed by atoms with Crippen molar-refractivity contribution in [3.63, 3.8) is 0 Å². The summed E-state index contributed by atoms with van der Waals surface area (Å²) in [6.07, 6.45) is -4.54. The zero-order valence-corrected chi connectivity index (χ0v) is 16.7. The number of aromatic nitrogens is 1. The Kier molecular flexibility index (Phi) is 6.82. The molecule has 0 aliphatic carbocycles. The molecule has 0 atom stereocenters. The lowest BCUT2D eigenvalue weighted by Crippen LogP contribution is -2.47. The predicted molar refractivity (Wildman–Crippen MR) is 100 cm³/mol. The lowest BCUT2D eigenvalue weighted by molar-refractivity contribution is -0.141. The molecule has 0 radical (unpaired) electrons. The summed E-state index contributed by atoms with van der Waals surface area (Å²) >= 11 is 3.28. The fourth-order valence-corrected chi connectivity index (χ4v) is 2.65. The first-order chi connectivity index (χ1) is 13.0. The number of rotatable bonds is 7. The van der Waals surface area contributed by atoms with Gasteiger partial charge in [0.05, 0.1) is 0 Å². The summed E-state index contributed by atoms with van der Waals surface area (Å²) < 4.78 is 44.3. The maximum atomic E-state index is 12.7. The van der Waals surface area contributed by atoms with Crippen LogP contribution in [0.2, 0.25) is 0 Å². The smallest absolute Gasteiger partial charge is 0.433 e. The molecule has 0 fully saturated rings. The average molecular weight is 459 g/mol. The molecule has 1 amide bonds. The molecule has 5 nitrogen and oxygen atoms in total. The van der Waals surface area contributed by atoms with Crippen molar-refractivity contribution in [2.45, 2.75) is 32.0 Å². The van der Waals surface area contributed by atoms with E-state index in [1.54, 1.807) is 24.3 Å². The Hall–Kier alpha value is -2.42. The van der Waals surface area contributed by atoms with Crippen LogP contribution in [-0.4, -0.2) is 28.8 Å². The molecule has 1 N–H and O–H groups in total. The molecule has 2 aromatic rings. The zero-order chi connectivity index (χ0) is 20.9. The second kappa shape index (κ2) is 8.72. The van der Waals surface area contributed by atoms with Gasteiger partial charge < -0.3 is 10.1 Å². The molecular weight excluding hydrogens is 441 g/mol. The van der Waals surface area contributed by atoms with Crippen molar-refractivity contribution in [2.75, 3.05) is 6.54 Å². The van der Waals surface area contributed by atoms with Crippen molar-refractivity contribution >= 4 is 27.6 Å². The third-order valence-electron chi connectivity index (χ3n) is 3.70. The van der Waals surface area contributed by atoms with Crippen molar-refractivity contribution in [1.29, 1.82) is 0 Å². The third-order valence-corrected chi connectivity index (χ3v) is 4.20. The van der Waals surface area contributed by atoms with Gasteiger partial charge in [0.1, 0.15) is 5.69 Å². The highest BCUT2D eigenvalue weighted by Gasteiger charge is 2.34. The first kappa shape index (κ1) is 21.9. The topological polar surface area (TPSA) is 68.3 Å². The molecule has 1 heterocycles. The number of nitrogens with zero attached hydrogens (tertiary/aromatic N) is 1. The highest BCUT2D eigenvalue weighted by atomic mass is 79.9. The van der Waals surface area contributed by atoms with Gasteiger partial charge in [0.15, 0.2) is 11.4 Å². The van der Waals surface area contributed by atoms with E-state index in [0.717, 1.165) is 16.6 Å². The van der Waals surface area contributed by atoms with Gasteiger partial charge in [0.2, 0.25) is 5.88 Å². The summed E-state index contributed by atoms with van der Waals surface area (Å²) in [5.41, 5.74) is -2.08. The molecule has 1 aromatic carbocycles. The van der Waals surface area contributed by atoms with Gasteiger partial charge in [-0.15, -0.1) is 0 Å². The van der Waals surface area contributed by atoms with Crippen LogP contribution < -0.4 is 10.1 Å². The third kappa shape index (κ3) is 6.05. The first-order valence-electron chi connectivity index (χ1n) is 8.29. The largest absolute Gasteiger partial charge is 0.462 e. The number of ketones is 1. The van der Waals surface area contributed by atoms with Crippen molar-refractivity contribution in [3.8, 4) is 5.88 Å². The van der Waals surface area contributed by atoms with E-state index < -0.39 is 23.4 Å². The van der Waals surface area contributed by atoms with Crippen molar-refractivity contribution in [1.82, 2.24) is 10.3 Å². The zero-order valence-electron chi connectivity index (χ0n) is 15.1. The molecule has 0 bridgehead atoms. The van der Waals surface area contributed by atoms with E-state index in [9.17, 15) is 22.8 Å². The number of hydrogen-bond acceptors (Lipinski definition) is 4. The highest BCUT2D eigenvalue weighted by molar-refractivity contribution is 9.10. The number of Topliss-reactive ketones (excluding diaryl/α,β-unsaturated/α-hetero) is 1. The quantitative estimate of drug-likeness (QED) is 0.623. The van der Waals surface area contributed by atoms with Gasteiger partial charge in [-0.25, -0.2) is 4.98 Å². The van der Waals surface area contributed by atoms with Crippen LogP contribution in [0.15, 0.2) is 46.9 Å². The van der Waals surface area contributed by atoms with E-state index in [-0.39, 0.29) is 24.6 Å². The second-order valence-corrected chi connectivity index (χ2v) is 7.33. The van der Waals surface area contributed by atoms with Crippen LogP contribution in [0.25, 0.3) is 0 Å². The summed E-state index contributed by atoms with van der Waals surface area (Å²) in [5.74, 6) is -1.05. The number of amides is 1. The Labute approximate surface area is 168 Å². The molecule has 150 valence electrons. The monoisotopic (exact) mass is 458 g/mol. The number of nitrogens with one attached hydrogen (secondary N) is 1. The van der Waals surface area contributed by atoms with Crippen LogP contribution in [0.3, 0.4) is 0 Å². The fourth-order valence-electron chi connectivity index (χ4n) is 2.25. The van der Waals surface area contributed by atoms with Gasteiger partial charge in [-0.2, -0.15) is 13.2 Å². The number of carbonyl (C=O) groups excluding carboxylic acids is 2. The lowest BCUT2D eigenvalue weighted by Gasteiger charge is -2.25. The van der Waals surface area contributed by atoms with Crippen molar-refractivity contribution in [3.05, 3.63) is 58.2 Å². The van der Waals surface area contributed by atoms with Crippen LogP contribution in [0, 0.1) is 0 Å². The number of pyridine rings is 1. The minimum absolute atomic E-state index is 0.0625. The Balaban J connectivity index is 1.93. The Morgan fingerprint density at radius 2 is 1.82 bits per heavy atom. The second-order valence-electron chi connectivity index (χ2n) is 6.41. The summed E-state index contributed by atoms with van der Waals surface area (Å²) in [4.78, 5) is 27.8. The maximum Gasteiger partial charge on any atom is 0.433 e. The molecule has 0 saturated carbocycles. The molecule has 9 heteroatoms. The van der Waals surface area contributed by atoms with Crippen LogP contribution in [-0.2, 0) is 11.0 Å². The van der Waals surface area contributed by atoms with Crippen LogP contribution in [0.4, 0.5) is 13.2 Å². The molecule has 0 saturated heterocycles. The van der Waals surface area contributed by atoms with E-state index in [2.05, 4.69) is 26.2 Å². The molecule has 2 rings (SSSR count). The van der Waals surface area contributed by atoms with Gasteiger partial charge in [0, 0.05) is 29.1 Å². The van der Waals surface area contributed by atoms with Crippen molar-refractivity contribution < 1.29 is 27.5 Å². The number of ether oxygens (including phenoxy) is 1. The minimum Gasteiger partial charge on any atom is -0.462 e. The summed E-state index contributed by atoms with van der Waals surface area (Å²) in [7, 11) is 0. The summed E-state index contributed by atoms with van der Waals surface area (Å²) in [6, 6.07) is 10.1. The Bertz CT molecular complexity index is 869. The fraction of sp³-hybridized carbons (Fsp3) is 0.316. The number of halogens is 4. The molecular formula is C19H18BrF3N2O3. The predicted octanol–water partition coefficient (Wildman–Crippen LogP) is 4.41. The number of carbonyl (C=O) groups is 2. The molecule has 0 aliphatic heterocycles. The standard InChI is InChI=1S/C19H18BrF3N2O3/c1-18(2,28-16-8-4-7-15(25-16)19(21,22)23)17(27)24-10-9-14(26)12-5-3-6-13(20)11-12/h3-8,11H,9-10H2,1-2H3,(H,24,27). The Morgan fingerprint density at radius 1 is 1.14 bits per heavy atom. The first-order valence-corrected chi connectivity index (χ1v) is 9.09. The number of alkyl halides is 3. The van der Waals surface area contributed by atoms with Gasteiger partial charge >= 0.3 is 6.18 Å². The number of benzene rings is 1. The van der Waals surface area contributed by atoms with E-state index in [1.807, 2.05) is 0 Å². The van der Waals surface area contributed by atoms with Crippen LogP contribution in [0.1, 0.15) is 36.3 Å². The van der Waals surface area contributed by atoms with Crippen LogP contribution in [0.5, 0.6) is 5.88 Å². The van der Waals surface area contributed by atoms with Crippen molar-refractivity contribution in [2.24, 2.45) is 0 Å². The Morgan fingerprint density at radius 3 is 2.46 bits per heavy atom. The highest BCUT2D eigenvalue weighted by Crippen LogP contribution is 2.29.